The van der Waals surface area contributed by atoms with Gasteiger partial charge >= 0.3 is 0 Å². The molecule has 1 aromatic carbocycles. The number of hydrogen-bond donors (Lipinski definition) is 1. The smallest absolute Gasteiger partial charge is 0.219 e. The minimum atomic E-state index is -0.102. The topological polar surface area (TPSA) is 137 Å². The van der Waals surface area contributed by atoms with Gasteiger partial charge < -0.3 is 10.3 Å². The summed E-state index contributed by atoms with van der Waals surface area (Å²) in [5.74, 6) is 0.939. The third-order valence-corrected chi connectivity index (χ3v) is 6.78. The van der Waals surface area contributed by atoms with Crippen molar-refractivity contribution in [1.82, 2.24) is 39.5 Å². The highest BCUT2D eigenvalue weighted by atomic mass is 15.4. The van der Waals surface area contributed by atoms with Crippen molar-refractivity contribution < 1.29 is 0 Å². The van der Waals surface area contributed by atoms with E-state index < -0.39 is 0 Å². The second-order valence-corrected chi connectivity index (χ2v) is 9.12. The zero-order valence-electron chi connectivity index (χ0n) is 19.3. The van der Waals surface area contributed by atoms with Crippen LogP contribution < -0.4 is 5.73 Å². The molecule has 1 aliphatic rings. The second kappa shape index (κ2) is 7.70. The summed E-state index contributed by atoms with van der Waals surface area (Å²) in [5.41, 5.74) is 11.7. The van der Waals surface area contributed by atoms with Crippen molar-refractivity contribution in [2.75, 3.05) is 5.73 Å². The van der Waals surface area contributed by atoms with Crippen molar-refractivity contribution in [3.05, 3.63) is 60.3 Å². The number of nitriles is 1. The number of benzene rings is 1. The molecule has 35 heavy (non-hydrogen) atoms. The van der Waals surface area contributed by atoms with Crippen LogP contribution in [0.3, 0.4) is 0 Å². The summed E-state index contributed by atoms with van der Waals surface area (Å²) in [7, 11) is 0. The maximum atomic E-state index is 9.60. The Hall–Kier alpha value is -4.65. The standard InChI is InChI=1S/C25H22N10/c1-15-12-30-33-35(15)21-7-5-18(11-26)31-22(21)23-32-19-10-16(17-13-28-24(27)29-14-17)4-6-20(19)34(23)25(2)8-3-9-25/h4-7,10,12-14H,3,8-9H2,1-2H3,(H2,27,28,29). The SMILES string of the molecule is Cc1cnnn1-c1ccc(C#N)nc1-c1nc2cc(-c3cnc(N)nc3)ccc2n1C1(C)CCC1. The number of imidazole rings is 1. The van der Waals surface area contributed by atoms with Gasteiger partial charge in [0.25, 0.3) is 0 Å². The molecule has 4 aromatic heterocycles. The summed E-state index contributed by atoms with van der Waals surface area (Å²) in [6, 6.07) is 11.9. The van der Waals surface area contributed by atoms with Crippen LogP contribution in [-0.2, 0) is 5.54 Å². The molecule has 0 unspecified atom stereocenters. The summed E-state index contributed by atoms with van der Waals surface area (Å²) in [5, 5.41) is 17.9. The van der Waals surface area contributed by atoms with E-state index in [2.05, 4.69) is 43.9 Å². The third kappa shape index (κ3) is 3.32. The molecule has 2 N–H and O–H groups in total. The zero-order chi connectivity index (χ0) is 24.2. The molecule has 0 aliphatic heterocycles. The number of anilines is 1. The molecule has 0 amide bonds. The first-order valence-corrected chi connectivity index (χ1v) is 11.4. The summed E-state index contributed by atoms with van der Waals surface area (Å²) < 4.78 is 4.00. The molecule has 0 spiro atoms. The van der Waals surface area contributed by atoms with Gasteiger partial charge in [-0.15, -0.1) is 5.10 Å². The van der Waals surface area contributed by atoms with Crippen molar-refractivity contribution in [2.45, 2.75) is 38.6 Å². The number of nitrogen functional groups attached to an aromatic ring is 1. The molecule has 6 rings (SSSR count). The summed E-state index contributed by atoms with van der Waals surface area (Å²) >= 11 is 0. The Morgan fingerprint density at radius 2 is 1.83 bits per heavy atom. The predicted octanol–water partition coefficient (Wildman–Crippen LogP) is 3.80. The first-order chi connectivity index (χ1) is 17.0. The van der Waals surface area contributed by atoms with E-state index in [-0.39, 0.29) is 11.5 Å². The number of hydrogen-bond acceptors (Lipinski definition) is 8. The van der Waals surface area contributed by atoms with E-state index in [0.717, 1.165) is 52.8 Å². The Kier molecular flexibility index (Phi) is 4.60. The van der Waals surface area contributed by atoms with Gasteiger partial charge in [-0.1, -0.05) is 11.3 Å². The van der Waals surface area contributed by atoms with Crippen LogP contribution in [0, 0.1) is 18.3 Å². The number of rotatable bonds is 4. The van der Waals surface area contributed by atoms with E-state index in [9.17, 15) is 5.26 Å². The fraction of sp³-hybridized carbons (Fsp3) is 0.240. The lowest BCUT2D eigenvalue weighted by molar-refractivity contribution is 0.176. The van der Waals surface area contributed by atoms with Crippen LogP contribution in [0.2, 0.25) is 0 Å². The van der Waals surface area contributed by atoms with Gasteiger partial charge in [-0.3, -0.25) is 0 Å². The van der Waals surface area contributed by atoms with E-state index in [0.29, 0.717) is 17.2 Å². The molecule has 1 fully saturated rings. The van der Waals surface area contributed by atoms with Gasteiger partial charge in [-0.25, -0.2) is 24.6 Å². The summed E-state index contributed by atoms with van der Waals surface area (Å²) in [6.07, 6.45) is 8.33. The quantitative estimate of drug-likeness (QED) is 0.426. The minimum absolute atomic E-state index is 0.102. The van der Waals surface area contributed by atoms with E-state index in [1.54, 1.807) is 29.3 Å². The summed E-state index contributed by atoms with van der Waals surface area (Å²) in [4.78, 5) is 18.0. The Morgan fingerprint density at radius 3 is 2.49 bits per heavy atom. The molecule has 0 saturated heterocycles. The molecule has 0 radical (unpaired) electrons. The van der Waals surface area contributed by atoms with E-state index >= 15 is 0 Å². The Morgan fingerprint density at radius 1 is 1.03 bits per heavy atom. The van der Waals surface area contributed by atoms with Crippen molar-refractivity contribution in [1.29, 1.82) is 5.26 Å². The first-order valence-electron chi connectivity index (χ1n) is 11.4. The van der Waals surface area contributed by atoms with Crippen LogP contribution in [0.4, 0.5) is 5.95 Å². The van der Waals surface area contributed by atoms with Crippen LogP contribution in [-0.4, -0.2) is 39.5 Å². The number of aryl methyl sites for hydroxylation is 1. The number of aromatic nitrogens is 8. The fourth-order valence-corrected chi connectivity index (χ4v) is 4.74. The molecular weight excluding hydrogens is 440 g/mol. The van der Waals surface area contributed by atoms with Crippen molar-refractivity contribution in [3.8, 4) is 34.4 Å². The maximum Gasteiger partial charge on any atom is 0.219 e. The molecular formula is C25H22N10. The zero-order valence-corrected chi connectivity index (χ0v) is 19.3. The Bertz CT molecular complexity index is 1620. The molecule has 172 valence electrons. The molecule has 5 aromatic rings. The molecule has 0 bridgehead atoms. The minimum Gasteiger partial charge on any atom is -0.368 e. The van der Waals surface area contributed by atoms with E-state index in [1.807, 2.05) is 25.1 Å². The highest BCUT2D eigenvalue weighted by Gasteiger charge is 2.38. The Balaban J connectivity index is 1.62. The molecule has 1 saturated carbocycles. The lowest BCUT2D eigenvalue weighted by Crippen LogP contribution is -2.37. The van der Waals surface area contributed by atoms with E-state index in [4.69, 9.17) is 15.7 Å². The van der Waals surface area contributed by atoms with Crippen LogP contribution in [0.25, 0.3) is 39.4 Å². The molecule has 10 heteroatoms. The molecule has 1 aliphatic carbocycles. The second-order valence-electron chi connectivity index (χ2n) is 9.12. The van der Waals surface area contributed by atoms with Crippen molar-refractivity contribution >= 4 is 17.0 Å². The average molecular weight is 463 g/mol. The van der Waals surface area contributed by atoms with Crippen LogP contribution in [0.5, 0.6) is 0 Å². The molecule has 10 nitrogen and oxygen atoms in total. The first kappa shape index (κ1) is 20.9. The average Bonchev–Trinajstić information content (AvgIpc) is 3.45. The molecule has 4 heterocycles. The van der Waals surface area contributed by atoms with Gasteiger partial charge in [0.05, 0.1) is 28.6 Å². The van der Waals surface area contributed by atoms with Gasteiger partial charge in [-0.2, -0.15) is 5.26 Å². The largest absolute Gasteiger partial charge is 0.368 e. The van der Waals surface area contributed by atoms with Gasteiger partial charge in [0.15, 0.2) is 5.82 Å². The maximum absolute atomic E-state index is 9.60. The van der Waals surface area contributed by atoms with Gasteiger partial charge in [0, 0.05) is 23.5 Å². The number of nitrogens with zero attached hydrogens (tertiary/aromatic N) is 9. The highest BCUT2D eigenvalue weighted by Crippen LogP contribution is 2.44. The van der Waals surface area contributed by atoms with Crippen LogP contribution >= 0.6 is 0 Å². The van der Waals surface area contributed by atoms with Crippen molar-refractivity contribution in [2.24, 2.45) is 0 Å². The number of fused-ring (bicyclic) bond motifs is 1. The Labute approximate surface area is 201 Å². The predicted molar refractivity (Wildman–Crippen MR) is 130 cm³/mol. The van der Waals surface area contributed by atoms with Gasteiger partial charge in [0.2, 0.25) is 5.95 Å². The van der Waals surface area contributed by atoms with Crippen LogP contribution in [0.1, 0.15) is 37.6 Å². The highest BCUT2D eigenvalue weighted by molar-refractivity contribution is 5.86. The molecule has 0 atom stereocenters. The lowest BCUT2D eigenvalue weighted by atomic mass is 9.78. The number of pyridine rings is 1. The third-order valence-electron chi connectivity index (χ3n) is 6.78. The normalized spacial score (nSPS) is 14.5. The monoisotopic (exact) mass is 462 g/mol. The van der Waals surface area contributed by atoms with Crippen LogP contribution in [0.15, 0.2) is 48.9 Å². The van der Waals surface area contributed by atoms with Gasteiger partial charge in [0.1, 0.15) is 17.5 Å². The van der Waals surface area contributed by atoms with Crippen molar-refractivity contribution in [3.63, 3.8) is 0 Å². The van der Waals surface area contributed by atoms with E-state index in [1.165, 1.54) is 0 Å². The summed E-state index contributed by atoms with van der Waals surface area (Å²) in [6.45, 7) is 4.18. The fourth-order valence-electron chi connectivity index (χ4n) is 4.74. The lowest BCUT2D eigenvalue weighted by Gasteiger charge is -2.41. The number of nitrogens with two attached hydrogens (primary N) is 1. The van der Waals surface area contributed by atoms with Gasteiger partial charge in [-0.05, 0) is 62.9 Å².